The van der Waals surface area contributed by atoms with Crippen molar-refractivity contribution in [1.82, 2.24) is 25.0 Å². The summed E-state index contributed by atoms with van der Waals surface area (Å²) in [5.74, 6) is 0.927. The molecule has 0 radical (unpaired) electrons. The van der Waals surface area contributed by atoms with Crippen LogP contribution in [0.15, 0.2) is 30.3 Å². The molecule has 0 bridgehead atoms. The highest BCUT2D eigenvalue weighted by molar-refractivity contribution is 5.90. The van der Waals surface area contributed by atoms with Gasteiger partial charge < -0.3 is 19.5 Å². The number of carbonyl (C=O) groups is 2. The zero-order chi connectivity index (χ0) is 20.1. The molecular weight excluding hydrogens is 358 g/mol. The summed E-state index contributed by atoms with van der Waals surface area (Å²) in [4.78, 5) is 27.0. The van der Waals surface area contributed by atoms with Gasteiger partial charge in [0.1, 0.15) is 12.6 Å². The third kappa shape index (κ3) is 4.06. The molecule has 0 saturated carbocycles. The van der Waals surface area contributed by atoms with Crippen molar-refractivity contribution in [3.05, 3.63) is 47.5 Å². The van der Waals surface area contributed by atoms with Crippen molar-refractivity contribution in [2.45, 2.75) is 32.9 Å². The first-order valence-electron chi connectivity index (χ1n) is 9.61. The van der Waals surface area contributed by atoms with Gasteiger partial charge in [0.05, 0.1) is 0 Å². The standard InChI is InChI=1S/C20H27N5O3/c1-4-14(2)12-21-20(27)19-23-22-18-17(15-8-6-5-7-9-15)24(10-11-25(18)19)16(26)13-28-3/h5-9,14,17H,4,10-13H2,1-3H3,(H,21,27). The van der Waals surface area contributed by atoms with Gasteiger partial charge in [0, 0.05) is 26.7 Å². The molecule has 2 unspecified atom stereocenters. The number of nitrogens with zero attached hydrogens (tertiary/aromatic N) is 4. The highest BCUT2D eigenvalue weighted by Crippen LogP contribution is 2.31. The molecule has 1 aliphatic rings. The summed E-state index contributed by atoms with van der Waals surface area (Å²) in [5.41, 5.74) is 0.923. The van der Waals surface area contributed by atoms with Crippen LogP contribution < -0.4 is 5.32 Å². The van der Waals surface area contributed by atoms with E-state index in [4.69, 9.17) is 4.74 Å². The van der Waals surface area contributed by atoms with E-state index in [-0.39, 0.29) is 24.2 Å². The highest BCUT2D eigenvalue weighted by Gasteiger charge is 2.36. The maximum Gasteiger partial charge on any atom is 0.289 e. The van der Waals surface area contributed by atoms with Gasteiger partial charge in [0.25, 0.3) is 5.91 Å². The van der Waals surface area contributed by atoms with Crippen LogP contribution in [0.1, 0.15) is 48.3 Å². The molecular formula is C20H27N5O3. The first kappa shape index (κ1) is 20.0. The highest BCUT2D eigenvalue weighted by atomic mass is 16.5. The van der Waals surface area contributed by atoms with Crippen LogP contribution in [0.5, 0.6) is 0 Å². The molecule has 1 aliphatic heterocycles. The van der Waals surface area contributed by atoms with Gasteiger partial charge in [-0.1, -0.05) is 50.6 Å². The fourth-order valence-electron chi connectivity index (χ4n) is 3.31. The summed E-state index contributed by atoms with van der Waals surface area (Å²) >= 11 is 0. The molecule has 8 nitrogen and oxygen atoms in total. The van der Waals surface area contributed by atoms with Crippen molar-refractivity contribution in [2.24, 2.45) is 5.92 Å². The molecule has 1 N–H and O–H groups in total. The van der Waals surface area contributed by atoms with Gasteiger partial charge in [-0.3, -0.25) is 9.59 Å². The second kappa shape index (κ2) is 8.97. The Morgan fingerprint density at radius 2 is 2.00 bits per heavy atom. The Hall–Kier alpha value is -2.74. The number of methoxy groups -OCH3 is 1. The number of ether oxygens (including phenoxy) is 1. The molecule has 1 aromatic heterocycles. The molecule has 0 saturated heterocycles. The number of rotatable bonds is 7. The Balaban J connectivity index is 1.92. The number of nitrogens with one attached hydrogen (secondary N) is 1. The van der Waals surface area contributed by atoms with Crippen LogP contribution in [0.2, 0.25) is 0 Å². The minimum Gasteiger partial charge on any atom is -0.375 e. The van der Waals surface area contributed by atoms with Crippen LogP contribution in [-0.2, 0) is 16.1 Å². The van der Waals surface area contributed by atoms with Gasteiger partial charge >= 0.3 is 0 Å². The number of carbonyl (C=O) groups excluding carboxylic acids is 2. The lowest BCUT2D eigenvalue weighted by Crippen LogP contribution is -2.45. The molecule has 28 heavy (non-hydrogen) atoms. The van der Waals surface area contributed by atoms with Crippen molar-refractivity contribution in [3.8, 4) is 0 Å². The lowest BCUT2D eigenvalue weighted by Gasteiger charge is -2.36. The van der Waals surface area contributed by atoms with Crippen molar-refractivity contribution < 1.29 is 14.3 Å². The Morgan fingerprint density at radius 3 is 2.68 bits per heavy atom. The van der Waals surface area contributed by atoms with Gasteiger partial charge in [-0.25, -0.2) is 0 Å². The van der Waals surface area contributed by atoms with E-state index in [0.717, 1.165) is 12.0 Å². The fraction of sp³-hybridized carbons (Fsp3) is 0.500. The molecule has 0 fully saturated rings. The van der Waals surface area contributed by atoms with E-state index in [1.54, 1.807) is 4.90 Å². The smallest absolute Gasteiger partial charge is 0.289 e. The van der Waals surface area contributed by atoms with Gasteiger partial charge in [-0.05, 0) is 11.5 Å². The molecule has 2 atom stereocenters. The lowest BCUT2D eigenvalue weighted by molar-refractivity contribution is -0.138. The quantitative estimate of drug-likeness (QED) is 0.783. The van der Waals surface area contributed by atoms with E-state index >= 15 is 0 Å². The minimum atomic E-state index is -0.402. The van der Waals surface area contributed by atoms with Gasteiger partial charge in [0.2, 0.25) is 11.7 Å². The number of benzene rings is 1. The maximum atomic E-state index is 12.6. The number of amides is 2. The lowest BCUT2D eigenvalue weighted by atomic mass is 10.0. The average molecular weight is 385 g/mol. The van der Waals surface area contributed by atoms with Crippen LogP contribution in [-0.4, -0.2) is 58.3 Å². The number of hydrogen-bond donors (Lipinski definition) is 1. The third-order valence-corrected chi connectivity index (χ3v) is 5.11. The Morgan fingerprint density at radius 1 is 1.25 bits per heavy atom. The van der Waals surface area contributed by atoms with Gasteiger partial charge in [0.15, 0.2) is 5.82 Å². The Bertz CT molecular complexity index is 821. The summed E-state index contributed by atoms with van der Waals surface area (Å²) in [6, 6.07) is 9.26. The predicted octanol–water partition coefficient (Wildman–Crippen LogP) is 1.63. The zero-order valence-electron chi connectivity index (χ0n) is 16.6. The molecule has 2 heterocycles. The number of hydrogen-bond acceptors (Lipinski definition) is 5. The molecule has 8 heteroatoms. The van der Waals surface area contributed by atoms with Crippen LogP contribution >= 0.6 is 0 Å². The Labute approximate surface area is 164 Å². The van der Waals surface area contributed by atoms with E-state index in [1.165, 1.54) is 7.11 Å². The third-order valence-electron chi connectivity index (χ3n) is 5.11. The normalized spacial score (nSPS) is 17.1. The predicted molar refractivity (Wildman–Crippen MR) is 104 cm³/mol. The van der Waals surface area contributed by atoms with Crippen molar-refractivity contribution in [2.75, 3.05) is 26.8 Å². The molecule has 2 aromatic rings. The largest absolute Gasteiger partial charge is 0.375 e. The van der Waals surface area contributed by atoms with Crippen LogP contribution in [0.25, 0.3) is 0 Å². The van der Waals surface area contributed by atoms with E-state index in [1.807, 2.05) is 34.9 Å². The number of fused-ring (bicyclic) bond motifs is 1. The van der Waals surface area contributed by atoms with Crippen molar-refractivity contribution >= 4 is 11.8 Å². The second-order valence-electron chi connectivity index (χ2n) is 7.09. The van der Waals surface area contributed by atoms with Gasteiger partial charge in [-0.2, -0.15) is 0 Å². The summed E-state index contributed by atoms with van der Waals surface area (Å²) in [6.45, 7) is 5.69. The summed E-state index contributed by atoms with van der Waals surface area (Å²) in [7, 11) is 1.50. The SMILES string of the molecule is CCC(C)CNC(=O)c1nnc2n1CCN(C(=O)COC)C2c1ccccc1. The van der Waals surface area contributed by atoms with E-state index in [0.29, 0.717) is 31.4 Å². The number of aromatic nitrogens is 3. The second-order valence-corrected chi connectivity index (χ2v) is 7.09. The van der Waals surface area contributed by atoms with Crippen LogP contribution in [0, 0.1) is 5.92 Å². The summed E-state index contributed by atoms with van der Waals surface area (Å²) < 4.78 is 6.86. The fourth-order valence-corrected chi connectivity index (χ4v) is 3.31. The summed E-state index contributed by atoms with van der Waals surface area (Å²) in [6.07, 6.45) is 0.991. The molecule has 3 rings (SSSR count). The van der Waals surface area contributed by atoms with E-state index < -0.39 is 6.04 Å². The first-order chi connectivity index (χ1) is 13.6. The van der Waals surface area contributed by atoms with Crippen LogP contribution in [0.4, 0.5) is 0 Å². The van der Waals surface area contributed by atoms with Crippen LogP contribution in [0.3, 0.4) is 0 Å². The zero-order valence-corrected chi connectivity index (χ0v) is 16.6. The molecule has 0 spiro atoms. The van der Waals surface area contributed by atoms with Gasteiger partial charge in [-0.15, -0.1) is 10.2 Å². The monoisotopic (exact) mass is 385 g/mol. The van der Waals surface area contributed by atoms with E-state index in [9.17, 15) is 9.59 Å². The molecule has 2 amide bonds. The topological polar surface area (TPSA) is 89.4 Å². The van der Waals surface area contributed by atoms with Crippen molar-refractivity contribution in [3.63, 3.8) is 0 Å². The molecule has 1 aromatic carbocycles. The summed E-state index contributed by atoms with van der Waals surface area (Å²) in [5, 5.41) is 11.4. The average Bonchev–Trinajstić information content (AvgIpc) is 3.16. The maximum absolute atomic E-state index is 12.6. The minimum absolute atomic E-state index is 0.000278. The first-order valence-corrected chi connectivity index (χ1v) is 9.61. The van der Waals surface area contributed by atoms with Crippen molar-refractivity contribution in [1.29, 1.82) is 0 Å². The van der Waals surface area contributed by atoms with E-state index in [2.05, 4.69) is 29.4 Å². The Kier molecular flexibility index (Phi) is 6.41. The molecule has 150 valence electrons. The molecule has 0 aliphatic carbocycles.